The summed E-state index contributed by atoms with van der Waals surface area (Å²) in [5, 5.41) is 29.7. The van der Waals surface area contributed by atoms with Crippen molar-refractivity contribution in [3.63, 3.8) is 0 Å². The molecular formula is C21H32N3O8P. The molecule has 33 heavy (non-hydrogen) atoms. The van der Waals surface area contributed by atoms with E-state index in [9.17, 15) is 29.6 Å². The molecule has 12 heteroatoms. The van der Waals surface area contributed by atoms with Crippen LogP contribution in [-0.4, -0.2) is 64.4 Å². The number of fused-ring (bicyclic) bond motifs is 1. The minimum Gasteiger partial charge on any atom is -0.388 e. The highest BCUT2D eigenvalue weighted by Gasteiger charge is 2.51. The van der Waals surface area contributed by atoms with E-state index in [1.54, 1.807) is 13.8 Å². The lowest BCUT2D eigenvalue weighted by Gasteiger charge is -2.38. The molecule has 7 unspecified atom stereocenters. The van der Waals surface area contributed by atoms with Crippen LogP contribution in [0.5, 0.6) is 0 Å². The van der Waals surface area contributed by atoms with Gasteiger partial charge in [0.2, 0.25) is 0 Å². The zero-order valence-corrected chi connectivity index (χ0v) is 20.0. The van der Waals surface area contributed by atoms with Crippen molar-refractivity contribution in [2.45, 2.75) is 88.7 Å². The van der Waals surface area contributed by atoms with Crippen molar-refractivity contribution >= 4 is 18.8 Å². The molecule has 5 N–H and O–H groups in total. The Labute approximate surface area is 191 Å². The van der Waals surface area contributed by atoms with Crippen LogP contribution in [0.25, 0.3) is 11.2 Å². The van der Waals surface area contributed by atoms with E-state index < -0.39 is 48.5 Å². The fourth-order valence-corrected chi connectivity index (χ4v) is 5.42. The van der Waals surface area contributed by atoms with Gasteiger partial charge in [0, 0.05) is 18.8 Å². The molecule has 0 bridgehead atoms. The zero-order valence-electron chi connectivity index (χ0n) is 19.1. The Balaban J connectivity index is 1.87. The summed E-state index contributed by atoms with van der Waals surface area (Å²) in [6, 6.07) is 1.45. The Hall–Kier alpha value is -1.72. The zero-order chi connectivity index (χ0) is 24.6. The van der Waals surface area contributed by atoms with Crippen LogP contribution in [0, 0.1) is 0 Å². The molecular weight excluding hydrogens is 453 g/mol. The van der Waals surface area contributed by atoms with Gasteiger partial charge in [-0.2, -0.15) is 0 Å². The molecule has 7 atom stereocenters. The highest BCUT2D eigenvalue weighted by atomic mass is 31.2. The average Bonchev–Trinajstić information content (AvgIpc) is 3.00. The number of aromatic nitrogens is 3. The van der Waals surface area contributed by atoms with Gasteiger partial charge in [0.25, 0.3) is 5.56 Å². The van der Waals surface area contributed by atoms with Crippen LogP contribution in [0.1, 0.15) is 65.0 Å². The molecule has 1 fully saturated rings. The molecule has 0 aliphatic carbocycles. The van der Waals surface area contributed by atoms with Crippen LogP contribution in [0.3, 0.4) is 0 Å². The van der Waals surface area contributed by atoms with Gasteiger partial charge in [-0.05, 0) is 32.8 Å². The van der Waals surface area contributed by atoms with E-state index in [2.05, 4.69) is 15.0 Å². The van der Waals surface area contributed by atoms with Gasteiger partial charge in [0.15, 0.2) is 11.0 Å². The summed E-state index contributed by atoms with van der Waals surface area (Å²) in [7, 11) is -4.46. The first-order valence-electron chi connectivity index (χ1n) is 11.0. The maximum atomic E-state index is 12.8. The first-order chi connectivity index (χ1) is 15.3. The average molecular weight is 485 g/mol. The third kappa shape index (κ3) is 5.19. The first kappa shape index (κ1) is 25.9. The third-order valence-electron chi connectivity index (χ3n) is 6.22. The highest BCUT2D eigenvalue weighted by Crippen LogP contribution is 2.59. The SMILES string of the molecule is CCCC(C)(CC1OC(c2cc3nccnc3[nH]c2=O)C(O)C1O)OP(=O)(O)C(C)(O)CC. The highest BCUT2D eigenvalue weighted by molar-refractivity contribution is 7.54. The summed E-state index contributed by atoms with van der Waals surface area (Å²) in [6.45, 7) is 6.26. The summed E-state index contributed by atoms with van der Waals surface area (Å²) in [4.78, 5) is 33.8. The Bertz CT molecular complexity index is 1090. The van der Waals surface area contributed by atoms with Gasteiger partial charge in [-0.1, -0.05) is 20.3 Å². The number of rotatable bonds is 9. The molecule has 0 spiro atoms. The van der Waals surface area contributed by atoms with Gasteiger partial charge >= 0.3 is 7.60 Å². The molecule has 1 aliphatic heterocycles. The standard InChI is InChI=1S/C21H32N3O8P/c1-5-7-20(3,32-33(29,30)21(4,28)6-2)11-14-15(25)16(26)17(31-14)12-10-13-18(24-19(12)27)23-9-8-22-13/h8-10,14-17,25-26,28H,5-7,11H2,1-4H3,(H,29,30)(H,23,24,27). The smallest absolute Gasteiger partial charge is 0.359 e. The van der Waals surface area contributed by atoms with Gasteiger partial charge in [-0.3, -0.25) is 14.3 Å². The number of hydrogen-bond acceptors (Lipinski definition) is 9. The second-order valence-electron chi connectivity index (χ2n) is 9.01. The number of nitrogens with zero attached hydrogens (tertiary/aromatic N) is 2. The summed E-state index contributed by atoms with van der Waals surface area (Å²) in [5.41, 5.74) is -1.03. The van der Waals surface area contributed by atoms with Gasteiger partial charge < -0.3 is 34.5 Å². The molecule has 3 rings (SSSR count). The fourth-order valence-electron chi connectivity index (χ4n) is 4.07. The predicted octanol–water partition coefficient (Wildman–Crippen LogP) is 1.75. The number of H-pyrrole nitrogens is 1. The van der Waals surface area contributed by atoms with Crippen molar-refractivity contribution in [2.75, 3.05) is 0 Å². The van der Waals surface area contributed by atoms with Crippen molar-refractivity contribution in [1.29, 1.82) is 0 Å². The maximum absolute atomic E-state index is 12.8. The maximum Gasteiger partial charge on any atom is 0.359 e. The van der Waals surface area contributed by atoms with Gasteiger partial charge in [0.05, 0.1) is 17.3 Å². The number of nitrogens with one attached hydrogen (secondary N) is 1. The predicted molar refractivity (Wildman–Crippen MR) is 120 cm³/mol. The summed E-state index contributed by atoms with van der Waals surface area (Å²) >= 11 is 0. The largest absolute Gasteiger partial charge is 0.388 e. The van der Waals surface area contributed by atoms with Gasteiger partial charge in [-0.15, -0.1) is 0 Å². The van der Waals surface area contributed by atoms with Crippen LogP contribution in [0.4, 0.5) is 0 Å². The van der Waals surface area contributed by atoms with Crippen LogP contribution >= 0.6 is 7.60 Å². The quantitative estimate of drug-likeness (QED) is 0.329. The molecule has 2 aromatic rings. The summed E-state index contributed by atoms with van der Waals surface area (Å²) in [5.74, 6) is 0. The van der Waals surface area contributed by atoms with Crippen LogP contribution in [0.2, 0.25) is 0 Å². The van der Waals surface area contributed by atoms with Gasteiger partial charge in [-0.25, -0.2) is 4.98 Å². The van der Waals surface area contributed by atoms with Crippen molar-refractivity contribution < 1.29 is 34.0 Å². The number of pyridine rings is 1. The normalized spacial score (nSPS) is 28.8. The Morgan fingerprint density at radius 1 is 1.21 bits per heavy atom. The van der Waals surface area contributed by atoms with Crippen molar-refractivity contribution in [2.24, 2.45) is 0 Å². The number of aromatic amines is 1. The van der Waals surface area contributed by atoms with Crippen molar-refractivity contribution in [3.8, 4) is 0 Å². The molecule has 184 valence electrons. The lowest BCUT2D eigenvalue weighted by atomic mass is 9.90. The monoisotopic (exact) mass is 485 g/mol. The molecule has 1 aliphatic rings. The van der Waals surface area contributed by atoms with E-state index in [0.29, 0.717) is 18.4 Å². The summed E-state index contributed by atoms with van der Waals surface area (Å²) in [6.07, 6.45) is -1.18. The molecule has 0 saturated carbocycles. The molecule has 2 aromatic heterocycles. The number of aliphatic hydroxyl groups excluding tert-OH is 2. The second kappa shape index (κ2) is 9.50. The number of hydrogen-bond donors (Lipinski definition) is 5. The molecule has 0 amide bonds. The first-order valence-corrected chi connectivity index (χ1v) is 12.5. The molecule has 1 saturated heterocycles. The van der Waals surface area contributed by atoms with Crippen LogP contribution in [-0.2, 0) is 13.8 Å². The number of ether oxygens (including phenoxy) is 1. The fraction of sp³-hybridized carbons (Fsp3) is 0.667. The molecule has 0 radical (unpaired) electrons. The van der Waals surface area contributed by atoms with E-state index in [0.717, 1.165) is 0 Å². The molecule has 3 heterocycles. The minimum atomic E-state index is -4.46. The Morgan fingerprint density at radius 2 is 1.88 bits per heavy atom. The van der Waals surface area contributed by atoms with E-state index in [4.69, 9.17) is 9.26 Å². The van der Waals surface area contributed by atoms with E-state index >= 15 is 0 Å². The van der Waals surface area contributed by atoms with E-state index in [-0.39, 0.29) is 24.1 Å². The minimum absolute atomic E-state index is 0.0000421. The molecule has 11 nitrogen and oxygen atoms in total. The van der Waals surface area contributed by atoms with Crippen LogP contribution in [0.15, 0.2) is 23.3 Å². The Morgan fingerprint density at radius 3 is 2.52 bits per heavy atom. The summed E-state index contributed by atoms with van der Waals surface area (Å²) < 4.78 is 24.3. The topological polar surface area (TPSA) is 175 Å². The van der Waals surface area contributed by atoms with Crippen LogP contribution < -0.4 is 5.56 Å². The Kier molecular flexibility index (Phi) is 7.45. The van der Waals surface area contributed by atoms with E-state index in [1.165, 1.54) is 25.4 Å². The van der Waals surface area contributed by atoms with Crippen molar-refractivity contribution in [3.05, 3.63) is 34.4 Å². The lowest BCUT2D eigenvalue weighted by molar-refractivity contribution is -0.0550. The van der Waals surface area contributed by atoms with Gasteiger partial charge in [0.1, 0.15) is 23.8 Å². The third-order valence-corrected chi connectivity index (χ3v) is 8.44. The lowest BCUT2D eigenvalue weighted by Crippen LogP contribution is -2.40. The molecule has 0 aromatic carbocycles. The number of aliphatic hydroxyl groups is 3. The van der Waals surface area contributed by atoms with E-state index in [1.807, 2.05) is 6.92 Å². The van der Waals surface area contributed by atoms with Crippen molar-refractivity contribution in [1.82, 2.24) is 15.0 Å². The second-order valence-corrected chi connectivity index (χ2v) is 11.2.